The molecular formula is C27H30BN3O2. The Morgan fingerprint density at radius 2 is 1.58 bits per heavy atom. The quantitative estimate of drug-likeness (QED) is 0.436. The third kappa shape index (κ3) is 3.57. The smallest absolute Gasteiger partial charge is 0.399 e. The SMILES string of the molecule is CC1(C)OB(c2ccc3cc(-c4ccc5nc([C@@H]6CCCN6)[nH]c5c4)ccc3c2)OC1(C)C. The molecule has 0 bridgehead atoms. The van der Waals surface area contributed by atoms with E-state index in [1.54, 1.807) is 0 Å². The van der Waals surface area contributed by atoms with E-state index >= 15 is 0 Å². The van der Waals surface area contributed by atoms with Gasteiger partial charge in [-0.15, -0.1) is 0 Å². The number of hydrogen-bond donors (Lipinski definition) is 2. The molecule has 2 aliphatic heterocycles. The molecule has 3 aromatic carbocycles. The molecule has 2 saturated heterocycles. The van der Waals surface area contributed by atoms with Crippen LogP contribution < -0.4 is 10.8 Å². The van der Waals surface area contributed by atoms with Gasteiger partial charge >= 0.3 is 7.12 Å². The van der Waals surface area contributed by atoms with Crippen LogP contribution in [0.1, 0.15) is 52.4 Å². The molecule has 3 heterocycles. The Kier molecular flexibility index (Phi) is 4.70. The molecule has 0 saturated carbocycles. The monoisotopic (exact) mass is 439 g/mol. The van der Waals surface area contributed by atoms with Gasteiger partial charge < -0.3 is 19.6 Å². The molecule has 5 nitrogen and oxygen atoms in total. The van der Waals surface area contributed by atoms with Crippen molar-refractivity contribution in [2.75, 3.05) is 6.54 Å². The first-order valence-corrected chi connectivity index (χ1v) is 11.9. The van der Waals surface area contributed by atoms with E-state index in [1.807, 2.05) is 0 Å². The van der Waals surface area contributed by atoms with E-state index in [1.165, 1.54) is 28.3 Å². The van der Waals surface area contributed by atoms with Crippen molar-refractivity contribution in [2.45, 2.75) is 57.8 Å². The summed E-state index contributed by atoms with van der Waals surface area (Å²) in [5.41, 5.74) is 4.88. The number of nitrogens with zero attached hydrogens (tertiary/aromatic N) is 1. The van der Waals surface area contributed by atoms with Crippen LogP contribution in [0, 0.1) is 0 Å². The van der Waals surface area contributed by atoms with E-state index in [-0.39, 0.29) is 18.3 Å². The van der Waals surface area contributed by atoms with Gasteiger partial charge in [0.25, 0.3) is 0 Å². The summed E-state index contributed by atoms with van der Waals surface area (Å²) in [4.78, 5) is 8.34. The summed E-state index contributed by atoms with van der Waals surface area (Å²) in [5.74, 6) is 1.05. The first kappa shape index (κ1) is 20.9. The van der Waals surface area contributed by atoms with Crippen molar-refractivity contribution in [3.63, 3.8) is 0 Å². The summed E-state index contributed by atoms with van der Waals surface area (Å²) in [6, 6.07) is 19.9. The van der Waals surface area contributed by atoms with Gasteiger partial charge in [-0.05, 0) is 92.6 Å². The molecule has 168 valence electrons. The zero-order chi connectivity index (χ0) is 22.8. The number of hydrogen-bond acceptors (Lipinski definition) is 4. The highest BCUT2D eigenvalue weighted by molar-refractivity contribution is 6.62. The minimum Gasteiger partial charge on any atom is -0.399 e. The summed E-state index contributed by atoms with van der Waals surface area (Å²) in [6.45, 7) is 9.42. The van der Waals surface area contributed by atoms with E-state index in [4.69, 9.17) is 14.3 Å². The normalized spacial score (nSPS) is 21.9. The van der Waals surface area contributed by atoms with Crippen LogP contribution in [-0.2, 0) is 9.31 Å². The first-order valence-electron chi connectivity index (χ1n) is 11.9. The van der Waals surface area contributed by atoms with Crippen LogP contribution in [0.25, 0.3) is 32.9 Å². The molecule has 6 heteroatoms. The zero-order valence-corrected chi connectivity index (χ0v) is 19.7. The molecule has 2 fully saturated rings. The van der Waals surface area contributed by atoms with Gasteiger partial charge in [-0.3, -0.25) is 0 Å². The number of H-pyrrole nitrogens is 1. The van der Waals surface area contributed by atoms with Gasteiger partial charge in [-0.1, -0.05) is 36.4 Å². The average molecular weight is 439 g/mol. The maximum absolute atomic E-state index is 6.24. The molecule has 0 amide bonds. The molecule has 2 N–H and O–H groups in total. The summed E-state index contributed by atoms with van der Waals surface area (Å²) in [6.07, 6.45) is 2.35. The van der Waals surface area contributed by atoms with Gasteiger partial charge in [-0.2, -0.15) is 0 Å². The highest BCUT2D eigenvalue weighted by Gasteiger charge is 2.51. The van der Waals surface area contributed by atoms with Crippen molar-refractivity contribution in [1.29, 1.82) is 0 Å². The van der Waals surface area contributed by atoms with Crippen molar-refractivity contribution in [2.24, 2.45) is 0 Å². The molecule has 0 aliphatic carbocycles. The Balaban J connectivity index is 1.30. The number of rotatable bonds is 3. The summed E-state index contributed by atoms with van der Waals surface area (Å²) in [5, 5.41) is 5.91. The maximum Gasteiger partial charge on any atom is 0.494 e. The zero-order valence-electron chi connectivity index (χ0n) is 19.7. The Morgan fingerprint density at radius 3 is 2.33 bits per heavy atom. The minimum absolute atomic E-state index is 0.338. The molecule has 6 rings (SSSR count). The van der Waals surface area contributed by atoms with Crippen LogP contribution in [0.3, 0.4) is 0 Å². The van der Waals surface area contributed by atoms with Crippen LogP contribution in [0.5, 0.6) is 0 Å². The fourth-order valence-corrected chi connectivity index (χ4v) is 4.86. The predicted octanol–water partition coefficient (Wildman–Crippen LogP) is 5.11. The Hall–Kier alpha value is -2.67. The summed E-state index contributed by atoms with van der Waals surface area (Å²) < 4.78 is 12.5. The standard InChI is InChI=1S/C27H30BN3O2/c1-26(2)27(3,4)33-28(32-26)21-11-9-18-14-17(7-8-19(18)15-21)20-10-12-22-24(16-20)31-25(30-22)23-6-5-13-29-23/h7-12,14-16,23,29H,5-6,13H2,1-4H3,(H,30,31)/t23-/m0/s1. The van der Waals surface area contributed by atoms with Gasteiger partial charge in [0.05, 0.1) is 28.3 Å². The summed E-state index contributed by atoms with van der Waals surface area (Å²) >= 11 is 0. The van der Waals surface area contributed by atoms with Gasteiger partial charge in [-0.25, -0.2) is 4.98 Å². The molecule has 1 aromatic heterocycles. The van der Waals surface area contributed by atoms with Crippen molar-refractivity contribution in [1.82, 2.24) is 15.3 Å². The predicted molar refractivity (Wildman–Crippen MR) is 135 cm³/mol. The first-order chi connectivity index (χ1) is 15.8. The molecule has 0 radical (unpaired) electrons. The Labute approximate surface area is 195 Å². The molecule has 33 heavy (non-hydrogen) atoms. The molecular weight excluding hydrogens is 409 g/mol. The van der Waals surface area contributed by atoms with E-state index in [2.05, 4.69) is 92.6 Å². The lowest BCUT2D eigenvalue weighted by Gasteiger charge is -2.32. The average Bonchev–Trinajstić information content (AvgIpc) is 3.50. The van der Waals surface area contributed by atoms with Gasteiger partial charge in [0.2, 0.25) is 0 Å². The van der Waals surface area contributed by atoms with Crippen molar-refractivity contribution in [3.05, 3.63) is 60.4 Å². The number of aromatic amines is 1. The summed E-state index contributed by atoms with van der Waals surface area (Å²) in [7, 11) is -0.342. The lowest BCUT2D eigenvalue weighted by molar-refractivity contribution is 0.00578. The number of nitrogens with one attached hydrogen (secondary N) is 2. The second-order valence-electron chi connectivity index (χ2n) is 10.4. The van der Waals surface area contributed by atoms with Crippen molar-refractivity contribution in [3.8, 4) is 11.1 Å². The number of imidazole rings is 1. The molecule has 4 aromatic rings. The Morgan fingerprint density at radius 1 is 0.879 bits per heavy atom. The third-order valence-corrected chi connectivity index (χ3v) is 7.61. The van der Waals surface area contributed by atoms with Crippen LogP contribution in [0.15, 0.2) is 54.6 Å². The van der Waals surface area contributed by atoms with E-state index < -0.39 is 0 Å². The van der Waals surface area contributed by atoms with E-state index in [0.29, 0.717) is 6.04 Å². The van der Waals surface area contributed by atoms with Gasteiger partial charge in [0.15, 0.2) is 0 Å². The molecule has 2 aliphatic rings. The second-order valence-corrected chi connectivity index (χ2v) is 10.4. The molecule has 0 spiro atoms. The second kappa shape index (κ2) is 7.42. The van der Waals surface area contributed by atoms with Crippen molar-refractivity contribution < 1.29 is 9.31 Å². The third-order valence-electron chi connectivity index (χ3n) is 7.61. The number of aromatic nitrogens is 2. The minimum atomic E-state index is -0.342. The number of fused-ring (bicyclic) bond motifs is 2. The van der Waals surface area contributed by atoms with Gasteiger partial charge in [0.1, 0.15) is 5.82 Å². The fraction of sp³-hybridized carbons (Fsp3) is 0.370. The Bertz CT molecular complexity index is 1340. The highest BCUT2D eigenvalue weighted by atomic mass is 16.7. The maximum atomic E-state index is 6.24. The topological polar surface area (TPSA) is 59.2 Å². The van der Waals surface area contributed by atoms with Crippen LogP contribution >= 0.6 is 0 Å². The van der Waals surface area contributed by atoms with Crippen molar-refractivity contribution >= 4 is 34.4 Å². The number of benzene rings is 3. The van der Waals surface area contributed by atoms with Crippen LogP contribution in [0.2, 0.25) is 0 Å². The van der Waals surface area contributed by atoms with Crippen LogP contribution in [-0.4, -0.2) is 34.8 Å². The molecule has 1 atom stereocenters. The highest BCUT2D eigenvalue weighted by Crippen LogP contribution is 2.37. The van der Waals surface area contributed by atoms with E-state index in [0.717, 1.165) is 35.3 Å². The fourth-order valence-electron chi connectivity index (χ4n) is 4.86. The molecule has 0 unspecified atom stereocenters. The van der Waals surface area contributed by atoms with Crippen LogP contribution in [0.4, 0.5) is 0 Å². The largest absolute Gasteiger partial charge is 0.494 e. The van der Waals surface area contributed by atoms with Gasteiger partial charge in [0, 0.05) is 0 Å². The lowest BCUT2D eigenvalue weighted by Crippen LogP contribution is -2.41. The van der Waals surface area contributed by atoms with E-state index in [9.17, 15) is 0 Å². The lowest BCUT2D eigenvalue weighted by atomic mass is 9.78.